The van der Waals surface area contributed by atoms with E-state index in [1.54, 1.807) is 18.2 Å². The molecule has 0 saturated heterocycles. The lowest BCUT2D eigenvalue weighted by Crippen LogP contribution is -2.00. The Morgan fingerprint density at radius 2 is 2.24 bits per heavy atom. The fourth-order valence-corrected chi connectivity index (χ4v) is 2.50. The number of Topliss-reactive ketones (excluding diaryl/α,β-unsaturated/α-hetero) is 1. The Morgan fingerprint density at radius 1 is 1.38 bits per heavy atom. The van der Waals surface area contributed by atoms with E-state index in [0.717, 1.165) is 0 Å². The average Bonchev–Trinajstić information content (AvgIpc) is 3.14. The summed E-state index contributed by atoms with van der Waals surface area (Å²) in [6.07, 6.45) is 2.87. The van der Waals surface area contributed by atoms with E-state index in [0.29, 0.717) is 21.5 Å². The van der Waals surface area contributed by atoms with Gasteiger partial charge in [0.15, 0.2) is 17.3 Å². The molecular weight excluding hydrogens is 338 g/mol. The smallest absolute Gasteiger partial charge is 0.238 e. The van der Waals surface area contributed by atoms with Crippen molar-refractivity contribution in [3.8, 4) is 17.6 Å². The van der Waals surface area contributed by atoms with Crippen molar-refractivity contribution in [2.24, 2.45) is 0 Å². The number of carbonyl (C=O) groups is 1. The van der Waals surface area contributed by atoms with Gasteiger partial charge in [0.1, 0.15) is 11.6 Å². The molecule has 1 aromatic heterocycles. The Morgan fingerprint density at radius 3 is 2.95 bits per heavy atom. The van der Waals surface area contributed by atoms with E-state index >= 15 is 0 Å². The third-order valence-corrected chi connectivity index (χ3v) is 3.46. The lowest BCUT2D eigenvalue weighted by molar-refractivity contribution is 0.101. The Kier molecular flexibility index (Phi) is 3.50. The Labute approximate surface area is 128 Å². The first kappa shape index (κ1) is 13.5. The molecule has 0 fully saturated rings. The van der Waals surface area contributed by atoms with Crippen molar-refractivity contribution in [2.45, 2.75) is 0 Å². The van der Waals surface area contributed by atoms with Crippen LogP contribution in [0.15, 0.2) is 45.0 Å². The van der Waals surface area contributed by atoms with Gasteiger partial charge in [-0.15, -0.1) is 0 Å². The first-order valence-electron chi connectivity index (χ1n) is 5.98. The van der Waals surface area contributed by atoms with Crippen LogP contribution in [0.2, 0.25) is 0 Å². The van der Waals surface area contributed by atoms with E-state index in [-0.39, 0.29) is 18.1 Å². The molecule has 0 aliphatic carbocycles. The van der Waals surface area contributed by atoms with Gasteiger partial charge in [-0.3, -0.25) is 4.79 Å². The van der Waals surface area contributed by atoms with Crippen molar-refractivity contribution >= 4 is 27.8 Å². The third-order valence-electron chi connectivity index (χ3n) is 2.87. The van der Waals surface area contributed by atoms with Gasteiger partial charge in [-0.25, -0.2) is 0 Å². The molecule has 21 heavy (non-hydrogen) atoms. The van der Waals surface area contributed by atoms with Gasteiger partial charge in [0.2, 0.25) is 12.6 Å². The van der Waals surface area contributed by atoms with E-state index in [9.17, 15) is 10.1 Å². The first-order valence-corrected chi connectivity index (χ1v) is 6.77. The van der Waals surface area contributed by atoms with Crippen molar-refractivity contribution in [3.63, 3.8) is 0 Å². The molecule has 1 aliphatic heterocycles. The van der Waals surface area contributed by atoms with Crippen molar-refractivity contribution in [3.05, 3.63) is 51.9 Å². The number of hydrogen-bond acceptors (Lipinski definition) is 5. The van der Waals surface area contributed by atoms with Gasteiger partial charge in [0, 0.05) is 0 Å². The van der Waals surface area contributed by atoms with Gasteiger partial charge in [0.25, 0.3) is 0 Å². The summed E-state index contributed by atoms with van der Waals surface area (Å²) in [4.78, 5) is 12.1. The summed E-state index contributed by atoms with van der Waals surface area (Å²) in [5, 5.41) is 9.17. The quantitative estimate of drug-likeness (QED) is 0.483. The van der Waals surface area contributed by atoms with Crippen LogP contribution in [0.25, 0.3) is 6.08 Å². The van der Waals surface area contributed by atoms with Crippen LogP contribution in [-0.2, 0) is 0 Å². The molecule has 0 atom stereocenters. The van der Waals surface area contributed by atoms with Gasteiger partial charge >= 0.3 is 0 Å². The SMILES string of the molecule is N#C/C(=C\c1cc(Br)c2c(c1)OCO2)C(=O)c1ccco1. The Bertz CT molecular complexity index is 772. The van der Waals surface area contributed by atoms with Gasteiger partial charge < -0.3 is 13.9 Å². The molecule has 3 rings (SSSR count). The van der Waals surface area contributed by atoms with Crippen molar-refractivity contribution in [2.75, 3.05) is 6.79 Å². The summed E-state index contributed by atoms with van der Waals surface area (Å²) in [5.41, 5.74) is 0.637. The van der Waals surface area contributed by atoms with Crippen molar-refractivity contribution in [1.29, 1.82) is 5.26 Å². The highest BCUT2D eigenvalue weighted by molar-refractivity contribution is 9.10. The minimum absolute atomic E-state index is 0.0179. The summed E-state index contributed by atoms with van der Waals surface area (Å²) < 4.78 is 16.3. The highest BCUT2D eigenvalue weighted by atomic mass is 79.9. The monoisotopic (exact) mass is 345 g/mol. The molecule has 104 valence electrons. The summed E-state index contributed by atoms with van der Waals surface area (Å²) in [5.74, 6) is 0.847. The Hall–Kier alpha value is -2.52. The summed E-state index contributed by atoms with van der Waals surface area (Å²) in [6.45, 7) is 0.150. The van der Waals surface area contributed by atoms with Crippen molar-refractivity contribution < 1.29 is 18.7 Å². The van der Waals surface area contributed by atoms with E-state index in [4.69, 9.17) is 13.9 Å². The van der Waals surface area contributed by atoms with Gasteiger partial charge in [-0.2, -0.15) is 5.26 Å². The molecule has 5 nitrogen and oxygen atoms in total. The van der Waals surface area contributed by atoms with Crippen LogP contribution < -0.4 is 9.47 Å². The zero-order valence-corrected chi connectivity index (χ0v) is 12.2. The molecule has 0 radical (unpaired) electrons. The number of benzene rings is 1. The second kappa shape index (κ2) is 5.46. The maximum atomic E-state index is 12.1. The van der Waals surface area contributed by atoms with Crippen molar-refractivity contribution in [1.82, 2.24) is 0 Å². The third kappa shape index (κ3) is 2.56. The highest BCUT2D eigenvalue weighted by Gasteiger charge is 2.19. The molecule has 1 aliphatic rings. The molecule has 1 aromatic carbocycles. The van der Waals surface area contributed by atoms with Crippen LogP contribution in [0.1, 0.15) is 16.1 Å². The van der Waals surface area contributed by atoms with E-state index in [2.05, 4.69) is 15.9 Å². The predicted molar refractivity (Wildman–Crippen MR) is 76.9 cm³/mol. The molecule has 0 bridgehead atoms. The van der Waals surface area contributed by atoms with Crippen LogP contribution in [0.3, 0.4) is 0 Å². The van der Waals surface area contributed by atoms with Crippen LogP contribution in [-0.4, -0.2) is 12.6 Å². The maximum absolute atomic E-state index is 12.1. The number of ether oxygens (including phenoxy) is 2. The molecule has 0 unspecified atom stereocenters. The molecule has 6 heteroatoms. The average molecular weight is 346 g/mol. The van der Waals surface area contributed by atoms with Gasteiger partial charge in [0.05, 0.1) is 10.7 Å². The van der Waals surface area contributed by atoms with E-state index < -0.39 is 5.78 Å². The second-order valence-corrected chi connectivity index (χ2v) is 5.07. The lowest BCUT2D eigenvalue weighted by atomic mass is 10.1. The minimum atomic E-state index is -0.462. The van der Waals surface area contributed by atoms with E-state index in [1.807, 2.05) is 6.07 Å². The van der Waals surface area contributed by atoms with Gasteiger partial charge in [-0.05, 0) is 51.8 Å². The number of hydrogen-bond donors (Lipinski definition) is 0. The highest BCUT2D eigenvalue weighted by Crippen LogP contribution is 2.40. The number of fused-ring (bicyclic) bond motifs is 1. The topological polar surface area (TPSA) is 72.5 Å². The summed E-state index contributed by atoms with van der Waals surface area (Å²) in [7, 11) is 0. The predicted octanol–water partition coefficient (Wildman–Crippen LogP) is 3.56. The molecule has 0 saturated carbocycles. The fourth-order valence-electron chi connectivity index (χ4n) is 1.93. The van der Waals surface area contributed by atoms with E-state index in [1.165, 1.54) is 18.4 Å². The number of ketones is 1. The largest absolute Gasteiger partial charge is 0.461 e. The van der Waals surface area contributed by atoms with Crippen LogP contribution in [0, 0.1) is 11.3 Å². The lowest BCUT2D eigenvalue weighted by Gasteiger charge is -2.02. The van der Waals surface area contributed by atoms with Gasteiger partial charge in [-0.1, -0.05) is 0 Å². The van der Waals surface area contributed by atoms with Crippen LogP contribution in [0.5, 0.6) is 11.5 Å². The van der Waals surface area contributed by atoms with Crippen LogP contribution >= 0.6 is 15.9 Å². The molecule has 2 heterocycles. The number of nitriles is 1. The zero-order valence-electron chi connectivity index (χ0n) is 10.6. The number of furan rings is 1. The number of allylic oxidation sites excluding steroid dienone is 1. The molecule has 2 aromatic rings. The fraction of sp³-hybridized carbons (Fsp3) is 0.0667. The number of rotatable bonds is 3. The maximum Gasteiger partial charge on any atom is 0.238 e. The molecule has 0 N–H and O–H groups in total. The molecule has 0 spiro atoms. The minimum Gasteiger partial charge on any atom is -0.461 e. The number of nitrogens with zero attached hydrogens (tertiary/aromatic N) is 1. The number of halogens is 1. The zero-order chi connectivity index (χ0) is 14.8. The summed E-state index contributed by atoms with van der Waals surface area (Å²) >= 11 is 3.37. The first-order chi connectivity index (χ1) is 10.2. The molecular formula is C15H8BrNO4. The Balaban J connectivity index is 1.98. The van der Waals surface area contributed by atoms with Crippen LogP contribution in [0.4, 0.5) is 0 Å². The normalized spacial score (nSPS) is 13.0. The summed E-state index contributed by atoms with van der Waals surface area (Å²) in [6, 6.07) is 8.46. The standard InChI is InChI=1S/C15H8BrNO4/c16-11-5-9(6-13-15(11)21-8-20-13)4-10(7-17)14(18)12-2-1-3-19-12/h1-6H,8H2/b10-4+. The second-order valence-electron chi connectivity index (χ2n) is 4.21. The molecule has 0 amide bonds. The number of carbonyl (C=O) groups excluding carboxylic acids is 1.